The topological polar surface area (TPSA) is 92.5 Å². The fourth-order valence-electron chi connectivity index (χ4n) is 1.13. The Bertz CT molecular complexity index is 420. The highest BCUT2D eigenvalue weighted by atomic mass is 32.2. The number of nitrogens with one attached hydrogen (secondary N) is 1. The number of aliphatic hydroxyl groups is 1. The van der Waals surface area contributed by atoms with Crippen LogP contribution in [0, 0.1) is 10.1 Å². The van der Waals surface area contributed by atoms with E-state index in [1.807, 2.05) is 0 Å². The number of rotatable bonds is 6. The molecule has 0 spiro atoms. The molecule has 18 heavy (non-hydrogen) atoms. The summed E-state index contributed by atoms with van der Waals surface area (Å²) in [6.45, 7) is 1.81. The van der Waals surface area contributed by atoms with Crippen LogP contribution in [0.4, 0.5) is 5.69 Å². The number of nitrogens with zero attached hydrogens (tertiary/aromatic N) is 1. The van der Waals surface area contributed by atoms with E-state index < -0.39 is 11.0 Å². The van der Waals surface area contributed by atoms with Crippen molar-refractivity contribution in [3.05, 3.63) is 34.4 Å². The molecule has 0 heterocycles. The monoisotopic (exact) mass is 270 g/mol. The summed E-state index contributed by atoms with van der Waals surface area (Å²) < 4.78 is 0. The highest BCUT2D eigenvalue weighted by Crippen LogP contribution is 2.20. The van der Waals surface area contributed by atoms with Crippen LogP contribution in [-0.4, -0.2) is 34.3 Å². The Labute approximate surface area is 109 Å². The number of thioether (sulfide) groups is 1. The van der Waals surface area contributed by atoms with Crippen LogP contribution in [0.2, 0.25) is 0 Å². The van der Waals surface area contributed by atoms with Gasteiger partial charge in [0.25, 0.3) is 5.69 Å². The lowest BCUT2D eigenvalue weighted by Gasteiger charge is -2.06. The highest BCUT2D eigenvalue weighted by molar-refractivity contribution is 8.00. The molecule has 1 aromatic carbocycles. The van der Waals surface area contributed by atoms with Crippen molar-refractivity contribution >= 4 is 23.4 Å². The van der Waals surface area contributed by atoms with E-state index in [0.717, 1.165) is 4.90 Å². The van der Waals surface area contributed by atoms with Gasteiger partial charge in [-0.05, 0) is 19.1 Å². The van der Waals surface area contributed by atoms with E-state index in [4.69, 9.17) is 5.11 Å². The van der Waals surface area contributed by atoms with Gasteiger partial charge < -0.3 is 10.4 Å². The van der Waals surface area contributed by atoms with E-state index >= 15 is 0 Å². The molecule has 0 saturated heterocycles. The molecule has 1 amide bonds. The Kier molecular flexibility index (Phi) is 5.60. The number of nitro groups is 1. The zero-order valence-electron chi connectivity index (χ0n) is 9.83. The molecule has 0 radical (unpaired) electrons. The molecule has 0 fully saturated rings. The molecule has 0 saturated carbocycles. The molecule has 1 aromatic rings. The van der Waals surface area contributed by atoms with Crippen molar-refractivity contribution in [1.29, 1.82) is 0 Å². The molecule has 6 nitrogen and oxygen atoms in total. The van der Waals surface area contributed by atoms with Crippen LogP contribution in [0.1, 0.15) is 6.92 Å². The Morgan fingerprint density at radius 1 is 1.50 bits per heavy atom. The number of non-ortho nitro benzene ring substituents is 1. The summed E-state index contributed by atoms with van der Waals surface area (Å²) in [5.74, 6) is 0.0316. The van der Waals surface area contributed by atoms with Gasteiger partial charge in [0.1, 0.15) is 0 Å². The van der Waals surface area contributed by atoms with Crippen molar-refractivity contribution in [3.63, 3.8) is 0 Å². The molecular weight excluding hydrogens is 256 g/mol. The molecule has 0 bridgehead atoms. The number of nitro benzene ring substituents is 1. The van der Waals surface area contributed by atoms with Crippen LogP contribution in [-0.2, 0) is 4.79 Å². The van der Waals surface area contributed by atoms with Gasteiger partial charge in [0, 0.05) is 23.6 Å². The van der Waals surface area contributed by atoms with Crippen molar-refractivity contribution in [2.24, 2.45) is 0 Å². The lowest BCUT2D eigenvalue weighted by Crippen LogP contribution is -2.31. The maximum Gasteiger partial charge on any atom is 0.269 e. The number of aliphatic hydroxyl groups excluding tert-OH is 1. The van der Waals surface area contributed by atoms with Gasteiger partial charge in [-0.25, -0.2) is 0 Å². The smallest absolute Gasteiger partial charge is 0.269 e. The second kappa shape index (κ2) is 6.97. The first-order valence-electron chi connectivity index (χ1n) is 5.31. The van der Waals surface area contributed by atoms with Gasteiger partial charge in [-0.1, -0.05) is 0 Å². The van der Waals surface area contributed by atoms with Crippen LogP contribution in [0.5, 0.6) is 0 Å². The molecule has 0 aliphatic carbocycles. The summed E-state index contributed by atoms with van der Waals surface area (Å²) in [6, 6.07) is 6.00. The number of carbonyl (C=O) groups is 1. The lowest BCUT2D eigenvalue weighted by atomic mass is 10.3. The van der Waals surface area contributed by atoms with Gasteiger partial charge in [0.2, 0.25) is 5.91 Å². The first kappa shape index (κ1) is 14.5. The molecule has 0 unspecified atom stereocenters. The Morgan fingerprint density at radius 3 is 2.61 bits per heavy atom. The van der Waals surface area contributed by atoms with Gasteiger partial charge >= 0.3 is 0 Å². The zero-order valence-corrected chi connectivity index (χ0v) is 10.6. The molecule has 0 aliphatic heterocycles. The average Bonchev–Trinajstić information content (AvgIpc) is 2.34. The van der Waals surface area contributed by atoms with Crippen LogP contribution in [0.25, 0.3) is 0 Å². The number of hydrogen-bond acceptors (Lipinski definition) is 5. The quantitative estimate of drug-likeness (QED) is 0.460. The standard InChI is InChI=1S/C11H14N2O4S/c1-8(14)6-12-11(15)7-18-10-4-2-9(3-5-10)13(16)17/h2-5,8,14H,6-7H2,1H3,(H,12,15)/t8-/m0/s1. The maximum absolute atomic E-state index is 11.3. The molecule has 0 aliphatic rings. The van der Waals surface area contributed by atoms with Crippen LogP contribution in [0.15, 0.2) is 29.2 Å². The lowest BCUT2D eigenvalue weighted by molar-refractivity contribution is -0.384. The van der Waals surface area contributed by atoms with E-state index in [9.17, 15) is 14.9 Å². The third-order valence-electron chi connectivity index (χ3n) is 2.01. The first-order chi connectivity index (χ1) is 8.49. The normalized spacial score (nSPS) is 11.9. The third-order valence-corrected chi connectivity index (χ3v) is 3.02. The predicted octanol–water partition coefficient (Wildman–Crippen LogP) is 1.18. The SMILES string of the molecule is C[C@H](O)CNC(=O)CSc1ccc([N+](=O)[O-])cc1. The summed E-state index contributed by atoms with van der Waals surface area (Å²) in [5.41, 5.74) is 0.0258. The Balaban J connectivity index is 2.39. The van der Waals surface area contributed by atoms with E-state index in [2.05, 4.69) is 5.32 Å². The summed E-state index contributed by atoms with van der Waals surface area (Å²) >= 11 is 1.28. The van der Waals surface area contributed by atoms with Gasteiger partial charge in [-0.3, -0.25) is 14.9 Å². The summed E-state index contributed by atoms with van der Waals surface area (Å²) in [6.07, 6.45) is -0.571. The fourth-order valence-corrected chi connectivity index (χ4v) is 1.85. The van der Waals surface area contributed by atoms with Crippen molar-refractivity contribution in [1.82, 2.24) is 5.32 Å². The van der Waals surface area contributed by atoms with Crippen LogP contribution >= 0.6 is 11.8 Å². The van der Waals surface area contributed by atoms with E-state index in [1.54, 1.807) is 19.1 Å². The maximum atomic E-state index is 11.3. The largest absolute Gasteiger partial charge is 0.392 e. The third kappa shape index (κ3) is 5.15. The van der Waals surface area contributed by atoms with Gasteiger partial charge in [-0.15, -0.1) is 11.8 Å². The minimum absolute atomic E-state index is 0.0258. The molecule has 2 N–H and O–H groups in total. The average molecular weight is 270 g/mol. The molecule has 1 rings (SSSR count). The predicted molar refractivity (Wildman–Crippen MR) is 68.5 cm³/mol. The van der Waals surface area contributed by atoms with Crippen LogP contribution < -0.4 is 5.32 Å². The highest BCUT2D eigenvalue weighted by Gasteiger charge is 2.06. The number of benzene rings is 1. The second-order valence-corrected chi connectivity index (χ2v) is 4.74. The van der Waals surface area contributed by atoms with Gasteiger partial charge in [-0.2, -0.15) is 0 Å². The summed E-state index contributed by atoms with van der Waals surface area (Å²) in [5, 5.41) is 22.0. The fraction of sp³-hybridized carbons (Fsp3) is 0.364. The zero-order chi connectivity index (χ0) is 13.5. The van der Waals surface area contributed by atoms with E-state index in [0.29, 0.717) is 0 Å². The van der Waals surface area contributed by atoms with Crippen LogP contribution in [0.3, 0.4) is 0 Å². The number of amides is 1. The Hall–Kier alpha value is -1.60. The molecule has 0 aromatic heterocycles. The van der Waals surface area contributed by atoms with E-state index in [1.165, 1.54) is 23.9 Å². The second-order valence-electron chi connectivity index (χ2n) is 3.69. The van der Waals surface area contributed by atoms with Crippen molar-refractivity contribution in [2.75, 3.05) is 12.3 Å². The number of carbonyl (C=O) groups excluding carboxylic acids is 1. The van der Waals surface area contributed by atoms with Crippen molar-refractivity contribution < 1.29 is 14.8 Å². The van der Waals surface area contributed by atoms with Gasteiger partial charge in [0.15, 0.2) is 0 Å². The molecular formula is C11H14N2O4S. The summed E-state index contributed by atoms with van der Waals surface area (Å²) in [4.78, 5) is 22.1. The minimum Gasteiger partial charge on any atom is -0.392 e. The van der Waals surface area contributed by atoms with Crippen molar-refractivity contribution in [3.8, 4) is 0 Å². The minimum atomic E-state index is -0.571. The summed E-state index contributed by atoms with van der Waals surface area (Å²) in [7, 11) is 0. The molecule has 1 atom stereocenters. The number of hydrogen-bond donors (Lipinski definition) is 2. The Morgan fingerprint density at radius 2 is 2.11 bits per heavy atom. The van der Waals surface area contributed by atoms with Gasteiger partial charge in [0.05, 0.1) is 16.8 Å². The molecule has 98 valence electrons. The molecule has 7 heteroatoms. The van der Waals surface area contributed by atoms with E-state index in [-0.39, 0.29) is 23.9 Å². The first-order valence-corrected chi connectivity index (χ1v) is 6.29. The van der Waals surface area contributed by atoms with Crippen molar-refractivity contribution in [2.45, 2.75) is 17.9 Å².